The van der Waals surface area contributed by atoms with Gasteiger partial charge in [0.1, 0.15) is 17.1 Å². The molecule has 0 fully saturated rings. The lowest BCUT2D eigenvalue weighted by molar-refractivity contribution is 0.0697. The third kappa shape index (κ3) is 3.56. The molecular weight excluding hydrogens is 388 g/mol. The predicted molar refractivity (Wildman–Crippen MR) is 102 cm³/mol. The molecule has 3 aromatic carbocycles. The van der Waals surface area contributed by atoms with E-state index in [0.717, 1.165) is 12.1 Å². The van der Waals surface area contributed by atoms with E-state index >= 15 is 0 Å². The van der Waals surface area contributed by atoms with Crippen LogP contribution in [-0.2, 0) is 10.1 Å². The normalized spacial score (nSPS) is 11.9. The number of hydrogen-bond donors (Lipinski definition) is 5. The Bertz CT molecular complexity index is 1250. The second kappa shape index (κ2) is 6.79. The Balaban J connectivity index is 2.21. The number of carbonyl (C=O) groups is 1. The molecule has 0 aliphatic rings. The first-order chi connectivity index (χ1) is 13.1. The zero-order valence-electron chi connectivity index (χ0n) is 14.1. The van der Waals surface area contributed by atoms with Gasteiger partial charge in [-0.15, -0.1) is 10.2 Å². The SMILES string of the molecule is Nc1ccc(/N=N/c2c(N)ccc3cc(S(=O)(=O)O)cc(O)c23)c(C(=O)O)c1. The third-order valence-corrected chi connectivity index (χ3v) is 4.71. The topological polar surface area (TPSA) is 189 Å². The number of rotatable bonds is 4. The zero-order valence-corrected chi connectivity index (χ0v) is 14.9. The summed E-state index contributed by atoms with van der Waals surface area (Å²) in [5.41, 5.74) is 11.7. The number of aromatic carboxylic acids is 1. The summed E-state index contributed by atoms with van der Waals surface area (Å²) in [5.74, 6) is -1.75. The van der Waals surface area contributed by atoms with Gasteiger partial charge in [-0.25, -0.2) is 4.79 Å². The molecule has 0 radical (unpaired) electrons. The van der Waals surface area contributed by atoms with Crippen LogP contribution in [0, 0.1) is 0 Å². The first-order valence-electron chi connectivity index (χ1n) is 7.65. The molecule has 3 aromatic rings. The summed E-state index contributed by atoms with van der Waals surface area (Å²) in [7, 11) is -4.54. The van der Waals surface area contributed by atoms with E-state index in [-0.39, 0.29) is 39.1 Å². The minimum absolute atomic E-state index is 0.00468. The maximum absolute atomic E-state index is 11.3. The van der Waals surface area contributed by atoms with Crippen LogP contribution >= 0.6 is 0 Å². The van der Waals surface area contributed by atoms with Gasteiger partial charge < -0.3 is 21.7 Å². The predicted octanol–water partition coefficient (Wildman–Crippen LogP) is 3.07. The molecule has 0 bridgehead atoms. The van der Waals surface area contributed by atoms with Gasteiger partial charge in [0.05, 0.1) is 21.5 Å². The fourth-order valence-electron chi connectivity index (χ4n) is 2.59. The summed E-state index contributed by atoms with van der Waals surface area (Å²) in [6.07, 6.45) is 0. The fraction of sp³-hybridized carbons (Fsp3) is 0. The zero-order chi connectivity index (χ0) is 20.6. The van der Waals surface area contributed by atoms with E-state index in [1.54, 1.807) is 0 Å². The number of benzene rings is 3. The summed E-state index contributed by atoms with van der Waals surface area (Å²) >= 11 is 0. The summed E-state index contributed by atoms with van der Waals surface area (Å²) in [6.45, 7) is 0. The van der Waals surface area contributed by atoms with Crippen LogP contribution in [0.5, 0.6) is 5.75 Å². The molecule has 0 aromatic heterocycles. The van der Waals surface area contributed by atoms with Crippen LogP contribution in [0.2, 0.25) is 0 Å². The van der Waals surface area contributed by atoms with Crippen molar-refractivity contribution in [1.29, 1.82) is 0 Å². The van der Waals surface area contributed by atoms with Crippen molar-refractivity contribution >= 4 is 49.6 Å². The van der Waals surface area contributed by atoms with Gasteiger partial charge >= 0.3 is 5.97 Å². The number of anilines is 2. The number of nitrogens with zero attached hydrogens (tertiary/aromatic N) is 2. The van der Waals surface area contributed by atoms with Gasteiger partial charge in [0.25, 0.3) is 10.1 Å². The number of carboxylic acids is 1. The lowest BCUT2D eigenvalue weighted by Crippen LogP contribution is -1.98. The van der Waals surface area contributed by atoms with Crippen LogP contribution in [-0.4, -0.2) is 29.2 Å². The Morgan fingerprint density at radius 2 is 1.71 bits per heavy atom. The van der Waals surface area contributed by atoms with Gasteiger partial charge in [-0.05, 0) is 35.7 Å². The van der Waals surface area contributed by atoms with E-state index in [9.17, 15) is 28.0 Å². The summed E-state index contributed by atoms with van der Waals surface area (Å²) in [6, 6.07) is 8.85. The average molecular weight is 402 g/mol. The van der Waals surface area contributed by atoms with Crippen molar-refractivity contribution in [3.63, 3.8) is 0 Å². The maximum Gasteiger partial charge on any atom is 0.338 e. The first kappa shape index (κ1) is 19.1. The Morgan fingerprint density at radius 1 is 1.00 bits per heavy atom. The molecule has 28 heavy (non-hydrogen) atoms. The smallest absolute Gasteiger partial charge is 0.338 e. The highest BCUT2D eigenvalue weighted by atomic mass is 32.2. The van der Waals surface area contributed by atoms with Crippen molar-refractivity contribution in [1.82, 2.24) is 0 Å². The molecule has 0 aliphatic heterocycles. The number of nitrogens with two attached hydrogens (primary N) is 2. The van der Waals surface area contributed by atoms with Crippen LogP contribution in [0.3, 0.4) is 0 Å². The Morgan fingerprint density at radius 3 is 2.36 bits per heavy atom. The minimum Gasteiger partial charge on any atom is -0.507 e. The molecule has 144 valence electrons. The lowest BCUT2D eigenvalue weighted by Gasteiger charge is -2.09. The van der Waals surface area contributed by atoms with Crippen LogP contribution in [0.1, 0.15) is 10.4 Å². The fourth-order valence-corrected chi connectivity index (χ4v) is 3.12. The molecule has 0 spiro atoms. The standard InChI is InChI=1S/C17H14N4O6S/c18-9-2-4-13(11(6-9)17(23)24)20-21-16-12(19)3-1-8-5-10(28(25,26)27)7-14(22)15(8)16/h1-7,22H,18-19H2,(H,23,24)(H,25,26,27)/b21-20+. The number of carboxylic acid groups (broad SMARTS) is 1. The number of fused-ring (bicyclic) bond motifs is 1. The van der Waals surface area contributed by atoms with Crippen LogP contribution in [0.4, 0.5) is 22.7 Å². The van der Waals surface area contributed by atoms with Crippen molar-refractivity contribution in [2.75, 3.05) is 11.5 Å². The number of aromatic hydroxyl groups is 1. The molecule has 0 aliphatic carbocycles. The van der Waals surface area contributed by atoms with Crippen LogP contribution < -0.4 is 11.5 Å². The third-order valence-electron chi connectivity index (χ3n) is 3.88. The van der Waals surface area contributed by atoms with E-state index in [4.69, 9.17) is 11.5 Å². The summed E-state index contributed by atoms with van der Waals surface area (Å²) < 4.78 is 31.8. The van der Waals surface area contributed by atoms with Crippen LogP contribution in [0.15, 0.2) is 57.6 Å². The van der Waals surface area contributed by atoms with E-state index in [1.807, 2.05) is 0 Å². The molecule has 11 heteroatoms. The quantitative estimate of drug-likeness (QED) is 0.250. The Labute approximate surface area is 158 Å². The van der Waals surface area contributed by atoms with Crippen molar-refractivity contribution in [2.24, 2.45) is 10.2 Å². The average Bonchev–Trinajstić information content (AvgIpc) is 2.60. The minimum atomic E-state index is -4.54. The highest BCUT2D eigenvalue weighted by Gasteiger charge is 2.17. The molecule has 0 unspecified atom stereocenters. The van der Waals surface area contributed by atoms with E-state index < -0.39 is 26.7 Å². The lowest BCUT2D eigenvalue weighted by atomic mass is 10.1. The van der Waals surface area contributed by atoms with Gasteiger partial charge in [-0.3, -0.25) is 4.55 Å². The van der Waals surface area contributed by atoms with Crippen LogP contribution in [0.25, 0.3) is 10.8 Å². The summed E-state index contributed by atoms with van der Waals surface area (Å²) in [5, 5.41) is 27.7. The number of phenolic OH excluding ortho intramolecular Hbond substituents is 1. The van der Waals surface area contributed by atoms with Gasteiger partial charge in [0, 0.05) is 11.8 Å². The van der Waals surface area contributed by atoms with E-state index in [0.29, 0.717) is 0 Å². The highest BCUT2D eigenvalue weighted by Crippen LogP contribution is 2.40. The van der Waals surface area contributed by atoms with Crippen molar-refractivity contribution in [3.8, 4) is 5.75 Å². The number of azo groups is 1. The molecule has 10 nitrogen and oxygen atoms in total. The molecule has 0 heterocycles. The highest BCUT2D eigenvalue weighted by molar-refractivity contribution is 7.85. The molecule has 7 N–H and O–H groups in total. The number of hydrogen-bond acceptors (Lipinski definition) is 8. The second-order valence-electron chi connectivity index (χ2n) is 5.80. The number of phenols is 1. The maximum atomic E-state index is 11.3. The van der Waals surface area contributed by atoms with Crippen molar-refractivity contribution < 1.29 is 28.0 Å². The largest absolute Gasteiger partial charge is 0.507 e. The molecule has 0 amide bonds. The van der Waals surface area contributed by atoms with E-state index in [1.165, 1.54) is 30.3 Å². The molecular formula is C17H14N4O6S. The Hall–Kier alpha value is -3.70. The summed E-state index contributed by atoms with van der Waals surface area (Å²) in [4.78, 5) is 10.8. The van der Waals surface area contributed by atoms with Gasteiger partial charge in [0.2, 0.25) is 0 Å². The van der Waals surface area contributed by atoms with Gasteiger partial charge in [-0.2, -0.15) is 8.42 Å². The second-order valence-corrected chi connectivity index (χ2v) is 7.22. The van der Waals surface area contributed by atoms with E-state index in [2.05, 4.69) is 10.2 Å². The van der Waals surface area contributed by atoms with Gasteiger partial charge in [-0.1, -0.05) is 6.07 Å². The molecule has 3 rings (SSSR count). The molecule has 0 saturated carbocycles. The molecule has 0 atom stereocenters. The van der Waals surface area contributed by atoms with Crippen molar-refractivity contribution in [2.45, 2.75) is 4.90 Å². The van der Waals surface area contributed by atoms with Gasteiger partial charge in [0.15, 0.2) is 0 Å². The monoisotopic (exact) mass is 402 g/mol. The number of nitrogen functional groups attached to an aromatic ring is 2. The Kier molecular flexibility index (Phi) is 4.63. The van der Waals surface area contributed by atoms with Crippen molar-refractivity contribution in [3.05, 3.63) is 48.0 Å². The first-order valence-corrected chi connectivity index (χ1v) is 9.09. The molecule has 0 saturated heterocycles.